The van der Waals surface area contributed by atoms with Gasteiger partial charge in [-0.3, -0.25) is 4.79 Å². The van der Waals surface area contributed by atoms with Crippen LogP contribution in [0.25, 0.3) is 0 Å². The Balaban J connectivity index is 1.85. The van der Waals surface area contributed by atoms with Gasteiger partial charge in [0.2, 0.25) is 5.91 Å². The van der Waals surface area contributed by atoms with Crippen molar-refractivity contribution >= 4 is 23.6 Å². The average Bonchev–Trinajstić information content (AvgIpc) is 3.05. The summed E-state index contributed by atoms with van der Waals surface area (Å²) in [6.45, 7) is 11.0. The number of aliphatic imine (C=N–C) groups is 1. The number of nitrogens with one attached hydrogen (secondary N) is 2. The summed E-state index contributed by atoms with van der Waals surface area (Å²) in [5.74, 6) is 2.57. The Morgan fingerprint density at radius 1 is 1.31 bits per heavy atom. The molecule has 1 unspecified atom stereocenters. The largest absolute Gasteiger partial charge is 0.357 e. The first-order valence-corrected chi connectivity index (χ1v) is 10.4. The van der Waals surface area contributed by atoms with Gasteiger partial charge in [-0.05, 0) is 52.2 Å². The molecule has 0 saturated carbocycles. The van der Waals surface area contributed by atoms with Crippen molar-refractivity contribution in [2.75, 3.05) is 31.9 Å². The molecule has 1 fully saturated rings. The molecule has 1 atom stereocenters. The molecule has 1 amide bonds. The minimum absolute atomic E-state index is 0.0386. The molecule has 1 aromatic carbocycles. The minimum atomic E-state index is -0.224. The van der Waals surface area contributed by atoms with Gasteiger partial charge in [0.25, 0.3) is 0 Å². The third-order valence-electron chi connectivity index (χ3n) is 4.04. The van der Waals surface area contributed by atoms with E-state index in [0.29, 0.717) is 5.92 Å². The maximum Gasteiger partial charge on any atom is 0.242 e. The quantitative estimate of drug-likeness (QED) is 0.455. The zero-order chi connectivity index (χ0) is 19.0. The second kappa shape index (κ2) is 9.86. The van der Waals surface area contributed by atoms with Crippen molar-refractivity contribution in [1.82, 2.24) is 15.5 Å². The average molecular weight is 377 g/mol. The summed E-state index contributed by atoms with van der Waals surface area (Å²) in [5.41, 5.74) is -0.224. The normalized spacial score (nSPS) is 18.1. The topological polar surface area (TPSA) is 56.7 Å². The van der Waals surface area contributed by atoms with Crippen molar-refractivity contribution in [2.24, 2.45) is 10.9 Å². The summed E-state index contributed by atoms with van der Waals surface area (Å²) in [5, 5.41) is 6.29. The predicted molar refractivity (Wildman–Crippen MR) is 111 cm³/mol. The van der Waals surface area contributed by atoms with Crippen molar-refractivity contribution in [2.45, 2.75) is 44.6 Å². The number of amides is 1. The van der Waals surface area contributed by atoms with Crippen LogP contribution < -0.4 is 10.6 Å². The highest BCUT2D eigenvalue weighted by Crippen LogP contribution is 2.25. The maximum atomic E-state index is 12.0. The molecule has 1 heterocycles. The van der Waals surface area contributed by atoms with Crippen molar-refractivity contribution in [3.05, 3.63) is 30.3 Å². The summed E-state index contributed by atoms with van der Waals surface area (Å²) < 4.78 is 0. The molecule has 1 aliphatic heterocycles. The summed E-state index contributed by atoms with van der Waals surface area (Å²) in [6, 6.07) is 10.5. The number of thioether (sulfide) groups is 1. The van der Waals surface area contributed by atoms with Crippen LogP contribution in [0.2, 0.25) is 0 Å². The molecule has 0 aliphatic carbocycles. The van der Waals surface area contributed by atoms with E-state index < -0.39 is 0 Å². The molecule has 0 spiro atoms. The zero-order valence-corrected chi connectivity index (χ0v) is 17.2. The molecule has 1 aromatic rings. The van der Waals surface area contributed by atoms with Crippen LogP contribution in [0.4, 0.5) is 0 Å². The van der Waals surface area contributed by atoms with Crippen molar-refractivity contribution in [3.63, 3.8) is 0 Å². The molecular weight excluding hydrogens is 344 g/mol. The lowest BCUT2D eigenvalue weighted by Crippen LogP contribution is -2.44. The first kappa shape index (κ1) is 20.6. The summed E-state index contributed by atoms with van der Waals surface area (Å²) in [6.07, 6.45) is 1.17. The van der Waals surface area contributed by atoms with Gasteiger partial charge < -0.3 is 15.5 Å². The van der Waals surface area contributed by atoms with E-state index in [4.69, 9.17) is 0 Å². The highest BCUT2D eigenvalue weighted by Gasteiger charge is 2.25. The smallest absolute Gasteiger partial charge is 0.242 e. The van der Waals surface area contributed by atoms with Crippen molar-refractivity contribution in [1.29, 1.82) is 0 Å². The standard InChI is InChI=1S/C20H32N4OS/c1-5-21-19(22-13-18(25)23-20(2,3)4)24-12-11-16(14-24)15-26-17-9-7-6-8-10-17/h6-10,16H,5,11-15H2,1-4H3,(H,21,22)(H,23,25). The van der Waals surface area contributed by atoms with E-state index in [1.54, 1.807) is 0 Å². The fraction of sp³-hybridized carbons (Fsp3) is 0.600. The summed E-state index contributed by atoms with van der Waals surface area (Å²) in [7, 11) is 0. The molecule has 0 aromatic heterocycles. The Kier molecular flexibility index (Phi) is 7.82. The third kappa shape index (κ3) is 7.28. The van der Waals surface area contributed by atoms with Crippen LogP contribution in [-0.4, -0.2) is 54.2 Å². The first-order chi connectivity index (χ1) is 12.4. The van der Waals surface area contributed by atoms with E-state index >= 15 is 0 Å². The number of guanidine groups is 1. The van der Waals surface area contributed by atoms with E-state index in [0.717, 1.165) is 31.3 Å². The number of hydrogen-bond acceptors (Lipinski definition) is 3. The van der Waals surface area contributed by atoms with Crippen molar-refractivity contribution < 1.29 is 4.79 Å². The predicted octanol–water partition coefficient (Wildman–Crippen LogP) is 2.98. The van der Waals surface area contributed by atoms with Crippen molar-refractivity contribution in [3.8, 4) is 0 Å². The van der Waals surface area contributed by atoms with Gasteiger partial charge in [-0.2, -0.15) is 0 Å². The lowest BCUT2D eigenvalue weighted by molar-refractivity contribution is -0.121. The van der Waals surface area contributed by atoms with E-state index in [1.807, 2.05) is 32.5 Å². The molecule has 1 saturated heterocycles. The van der Waals surface area contributed by atoms with E-state index in [9.17, 15) is 4.79 Å². The number of benzene rings is 1. The number of nitrogens with zero attached hydrogens (tertiary/aromatic N) is 2. The summed E-state index contributed by atoms with van der Waals surface area (Å²) >= 11 is 1.92. The Morgan fingerprint density at radius 2 is 2.04 bits per heavy atom. The minimum Gasteiger partial charge on any atom is -0.357 e. The Morgan fingerprint density at radius 3 is 2.69 bits per heavy atom. The Bertz CT molecular complexity index is 598. The fourth-order valence-electron chi connectivity index (χ4n) is 2.92. The molecule has 144 valence electrons. The van der Waals surface area contributed by atoms with Gasteiger partial charge in [-0.1, -0.05) is 18.2 Å². The van der Waals surface area contributed by atoms with E-state index in [1.165, 1.54) is 11.3 Å². The maximum absolute atomic E-state index is 12.0. The van der Waals surface area contributed by atoms with Crippen LogP contribution in [-0.2, 0) is 4.79 Å². The molecule has 2 N–H and O–H groups in total. The van der Waals surface area contributed by atoms with E-state index in [2.05, 4.69) is 57.8 Å². The van der Waals surface area contributed by atoms with Crippen LogP contribution in [0.3, 0.4) is 0 Å². The summed E-state index contributed by atoms with van der Waals surface area (Å²) in [4.78, 5) is 20.2. The second-order valence-corrected chi connectivity index (χ2v) is 8.79. The number of rotatable bonds is 6. The fourth-order valence-corrected chi connectivity index (χ4v) is 3.97. The molecule has 1 aliphatic rings. The third-order valence-corrected chi connectivity index (χ3v) is 5.28. The molecule has 0 bridgehead atoms. The van der Waals surface area contributed by atoms with Crippen LogP contribution in [0.1, 0.15) is 34.1 Å². The van der Waals surface area contributed by atoms with Gasteiger partial charge >= 0.3 is 0 Å². The van der Waals surface area contributed by atoms with Gasteiger partial charge in [-0.25, -0.2) is 4.99 Å². The highest BCUT2D eigenvalue weighted by atomic mass is 32.2. The van der Waals surface area contributed by atoms with Crippen LogP contribution >= 0.6 is 11.8 Å². The number of carbonyl (C=O) groups is 1. The molecule has 5 nitrogen and oxygen atoms in total. The molecule has 26 heavy (non-hydrogen) atoms. The van der Waals surface area contributed by atoms with Gasteiger partial charge in [0.1, 0.15) is 6.54 Å². The zero-order valence-electron chi connectivity index (χ0n) is 16.4. The van der Waals surface area contributed by atoms with E-state index in [-0.39, 0.29) is 18.0 Å². The monoisotopic (exact) mass is 376 g/mol. The van der Waals surface area contributed by atoms with Gasteiger partial charge in [0.15, 0.2) is 5.96 Å². The lowest BCUT2D eigenvalue weighted by atomic mass is 10.1. The van der Waals surface area contributed by atoms with Gasteiger partial charge in [0, 0.05) is 35.8 Å². The first-order valence-electron chi connectivity index (χ1n) is 9.39. The highest BCUT2D eigenvalue weighted by molar-refractivity contribution is 7.99. The van der Waals surface area contributed by atoms with Crippen LogP contribution in [0.15, 0.2) is 40.2 Å². The molecule has 2 rings (SSSR count). The molecule has 6 heteroatoms. The Hall–Kier alpha value is -1.69. The number of carbonyl (C=O) groups excluding carboxylic acids is 1. The SMILES string of the molecule is CCNC(=NCC(=O)NC(C)(C)C)N1CCC(CSc2ccccc2)C1. The van der Waals surface area contributed by atoms with Crippen LogP contribution in [0, 0.1) is 5.92 Å². The second-order valence-electron chi connectivity index (χ2n) is 7.69. The molecular formula is C20H32N4OS. The lowest BCUT2D eigenvalue weighted by Gasteiger charge is -2.23. The number of likely N-dealkylation sites (tertiary alicyclic amines) is 1. The van der Waals surface area contributed by atoms with Gasteiger partial charge in [-0.15, -0.1) is 11.8 Å². The number of hydrogen-bond donors (Lipinski definition) is 2. The molecule has 0 radical (unpaired) electrons. The van der Waals surface area contributed by atoms with Crippen LogP contribution in [0.5, 0.6) is 0 Å². The Labute approximate surface area is 162 Å². The van der Waals surface area contributed by atoms with Gasteiger partial charge in [0.05, 0.1) is 0 Å².